The molecular formula is C24H41N3O4. The van der Waals surface area contributed by atoms with E-state index in [1.54, 1.807) is 0 Å². The second kappa shape index (κ2) is 11.4. The number of ether oxygens (including phenoxy) is 1. The number of aliphatic hydroxyl groups excluding tert-OH is 1. The van der Waals surface area contributed by atoms with Crippen molar-refractivity contribution >= 4 is 5.97 Å². The van der Waals surface area contributed by atoms with Gasteiger partial charge >= 0.3 is 5.97 Å². The lowest BCUT2D eigenvalue weighted by atomic mass is 9.84. The summed E-state index contributed by atoms with van der Waals surface area (Å²) in [7, 11) is 0. The molecule has 1 aromatic rings. The van der Waals surface area contributed by atoms with Crippen LogP contribution in [0.4, 0.5) is 0 Å². The highest BCUT2D eigenvalue weighted by Gasteiger charge is 2.27. The number of aliphatic hydroxyl groups is 1. The molecule has 7 nitrogen and oxygen atoms in total. The largest absolute Gasteiger partial charge is 0.460 e. The van der Waals surface area contributed by atoms with Crippen LogP contribution in [0.5, 0.6) is 0 Å². The Balaban J connectivity index is 1.57. The topological polar surface area (TPSA) is 88.7 Å². The van der Waals surface area contributed by atoms with Crippen molar-refractivity contribution in [2.24, 2.45) is 5.92 Å². The van der Waals surface area contributed by atoms with Gasteiger partial charge in [-0.05, 0) is 46.0 Å². The number of carbonyl (C=O) groups is 1. The molecule has 0 radical (unpaired) electrons. The second-order valence-corrected chi connectivity index (χ2v) is 10.5. The predicted octanol–water partition coefficient (Wildman–Crippen LogP) is 4.59. The van der Waals surface area contributed by atoms with Crippen LogP contribution in [0, 0.1) is 5.92 Å². The Morgan fingerprint density at radius 2 is 1.90 bits per heavy atom. The Bertz CT molecular complexity index is 671. The molecule has 0 spiro atoms. The molecule has 1 aliphatic carbocycles. The Morgan fingerprint density at radius 1 is 1.19 bits per heavy atom. The zero-order chi connectivity index (χ0) is 22.3. The third-order valence-electron chi connectivity index (χ3n) is 6.48. The van der Waals surface area contributed by atoms with E-state index < -0.39 is 5.60 Å². The van der Waals surface area contributed by atoms with Crippen molar-refractivity contribution in [1.29, 1.82) is 0 Å². The first-order valence-electron chi connectivity index (χ1n) is 12.2. The van der Waals surface area contributed by atoms with Crippen LogP contribution in [0.15, 0.2) is 4.52 Å². The summed E-state index contributed by atoms with van der Waals surface area (Å²) in [4.78, 5) is 19.4. The van der Waals surface area contributed by atoms with Crippen molar-refractivity contribution in [2.75, 3.05) is 13.1 Å². The minimum absolute atomic E-state index is 0.0946. The number of hydrogen-bond donors (Lipinski definition) is 1. The molecule has 0 amide bonds. The third-order valence-corrected chi connectivity index (χ3v) is 6.48. The van der Waals surface area contributed by atoms with Crippen molar-refractivity contribution in [3.05, 3.63) is 11.7 Å². The van der Waals surface area contributed by atoms with Gasteiger partial charge in [0.05, 0.1) is 19.1 Å². The SMILES string of the molecule is CC(C)(C)OC(=O)C[C@@H](CCCC1CCCCC1)c1nc(CN2CCC(O)CC2)no1. The number of rotatable bonds is 9. The van der Waals surface area contributed by atoms with Gasteiger partial charge in [-0.15, -0.1) is 0 Å². The van der Waals surface area contributed by atoms with E-state index in [4.69, 9.17) is 9.26 Å². The minimum Gasteiger partial charge on any atom is -0.460 e. The molecule has 176 valence electrons. The van der Waals surface area contributed by atoms with Crippen LogP contribution in [0.1, 0.15) is 109 Å². The molecule has 31 heavy (non-hydrogen) atoms. The van der Waals surface area contributed by atoms with Gasteiger partial charge < -0.3 is 14.4 Å². The summed E-state index contributed by atoms with van der Waals surface area (Å²) in [6, 6.07) is 0. The zero-order valence-corrected chi connectivity index (χ0v) is 19.6. The van der Waals surface area contributed by atoms with Crippen LogP contribution < -0.4 is 0 Å². The summed E-state index contributed by atoms with van der Waals surface area (Å²) in [6.07, 6.45) is 11.6. The molecule has 1 aromatic heterocycles. The number of esters is 1. The Morgan fingerprint density at radius 3 is 2.58 bits per heavy atom. The van der Waals surface area contributed by atoms with Crippen molar-refractivity contribution in [3.63, 3.8) is 0 Å². The van der Waals surface area contributed by atoms with Gasteiger partial charge in [0.1, 0.15) is 5.60 Å². The molecule has 1 aliphatic heterocycles. The first kappa shape index (κ1) is 24.2. The second-order valence-electron chi connectivity index (χ2n) is 10.5. The first-order chi connectivity index (χ1) is 14.8. The van der Waals surface area contributed by atoms with Crippen LogP contribution in [0.3, 0.4) is 0 Å². The molecular weight excluding hydrogens is 394 g/mol. The molecule has 2 aliphatic rings. The molecule has 2 fully saturated rings. The quantitative estimate of drug-likeness (QED) is 0.567. The van der Waals surface area contributed by atoms with Crippen molar-refractivity contribution in [3.8, 4) is 0 Å². The van der Waals surface area contributed by atoms with Crippen LogP contribution in [0.25, 0.3) is 0 Å². The van der Waals surface area contributed by atoms with Gasteiger partial charge in [-0.2, -0.15) is 4.98 Å². The fraction of sp³-hybridized carbons (Fsp3) is 0.875. The standard InChI is InChI=1S/C24H41N3O4/c1-24(2,3)30-22(29)16-19(11-7-10-18-8-5-4-6-9-18)23-25-21(26-31-23)17-27-14-12-20(28)13-15-27/h18-20,28H,4-17H2,1-3H3/t19-/m1/s1. The fourth-order valence-corrected chi connectivity index (χ4v) is 4.80. The highest BCUT2D eigenvalue weighted by atomic mass is 16.6. The van der Waals surface area contributed by atoms with Crippen molar-refractivity contribution in [2.45, 2.75) is 116 Å². The molecule has 0 aromatic carbocycles. The Kier molecular flexibility index (Phi) is 8.90. The number of carbonyl (C=O) groups excluding carboxylic acids is 1. The summed E-state index contributed by atoms with van der Waals surface area (Å²) < 4.78 is 11.2. The van der Waals surface area contributed by atoms with E-state index in [0.29, 0.717) is 18.3 Å². The van der Waals surface area contributed by atoms with Gasteiger partial charge in [-0.3, -0.25) is 9.69 Å². The molecule has 3 rings (SSSR count). The van der Waals surface area contributed by atoms with Gasteiger partial charge in [-0.1, -0.05) is 50.1 Å². The normalized spacial score (nSPS) is 20.6. The minimum atomic E-state index is -0.497. The molecule has 1 saturated carbocycles. The maximum absolute atomic E-state index is 12.5. The van der Waals surface area contributed by atoms with E-state index in [1.165, 1.54) is 38.5 Å². The van der Waals surface area contributed by atoms with Crippen molar-refractivity contribution in [1.82, 2.24) is 15.0 Å². The smallest absolute Gasteiger partial charge is 0.307 e. The number of piperidine rings is 1. The number of nitrogens with zero attached hydrogens (tertiary/aromatic N) is 3. The van der Waals surface area contributed by atoms with Gasteiger partial charge in [-0.25, -0.2) is 0 Å². The molecule has 7 heteroatoms. The van der Waals surface area contributed by atoms with E-state index in [2.05, 4.69) is 15.0 Å². The third kappa shape index (κ3) is 8.53. The molecule has 1 N–H and O–H groups in total. The average molecular weight is 436 g/mol. The molecule has 2 heterocycles. The highest BCUT2D eigenvalue weighted by molar-refractivity contribution is 5.70. The van der Waals surface area contributed by atoms with E-state index in [9.17, 15) is 9.90 Å². The molecule has 0 bridgehead atoms. The monoisotopic (exact) mass is 435 g/mol. The summed E-state index contributed by atoms with van der Waals surface area (Å²) >= 11 is 0. The average Bonchev–Trinajstić information content (AvgIpc) is 3.17. The maximum atomic E-state index is 12.5. The Hall–Kier alpha value is -1.47. The van der Waals surface area contributed by atoms with E-state index in [0.717, 1.165) is 44.7 Å². The lowest BCUT2D eigenvalue weighted by Gasteiger charge is -2.28. The van der Waals surface area contributed by atoms with Crippen molar-refractivity contribution < 1.29 is 19.2 Å². The van der Waals surface area contributed by atoms with Gasteiger partial charge in [0.15, 0.2) is 5.82 Å². The van der Waals surface area contributed by atoms with Gasteiger partial charge in [0, 0.05) is 19.0 Å². The lowest BCUT2D eigenvalue weighted by Crippen LogP contribution is -2.35. The van der Waals surface area contributed by atoms with Crippen LogP contribution in [0.2, 0.25) is 0 Å². The number of aromatic nitrogens is 2. The predicted molar refractivity (Wildman–Crippen MR) is 118 cm³/mol. The van der Waals surface area contributed by atoms with E-state index in [-0.39, 0.29) is 24.4 Å². The fourth-order valence-electron chi connectivity index (χ4n) is 4.80. The Labute approximate surface area is 186 Å². The lowest BCUT2D eigenvalue weighted by molar-refractivity contribution is -0.155. The van der Waals surface area contributed by atoms with Crippen LogP contribution in [-0.4, -0.2) is 50.9 Å². The summed E-state index contributed by atoms with van der Waals surface area (Å²) in [5.74, 6) is 1.74. The molecule has 0 unspecified atom stereocenters. The summed E-state index contributed by atoms with van der Waals surface area (Å²) in [6.45, 7) is 7.98. The summed E-state index contributed by atoms with van der Waals surface area (Å²) in [5, 5.41) is 13.9. The zero-order valence-electron chi connectivity index (χ0n) is 19.6. The molecule has 1 saturated heterocycles. The van der Waals surface area contributed by atoms with Gasteiger partial charge in [0.2, 0.25) is 5.89 Å². The summed E-state index contributed by atoms with van der Waals surface area (Å²) in [5.41, 5.74) is -0.497. The molecule has 1 atom stereocenters. The number of hydrogen-bond acceptors (Lipinski definition) is 7. The maximum Gasteiger partial charge on any atom is 0.307 e. The van der Waals surface area contributed by atoms with Crippen LogP contribution >= 0.6 is 0 Å². The first-order valence-corrected chi connectivity index (χ1v) is 12.2. The van der Waals surface area contributed by atoms with E-state index >= 15 is 0 Å². The van der Waals surface area contributed by atoms with Crippen LogP contribution in [-0.2, 0) is 16.1 Å². The van der Waals surface area contributed by atoms with Gasteiger partial charge in [0.25, 0.3) is 0 Å². The van der Waals surface area contributed by atoms with E-state index in [1.807, 2.05) is 20.8 Å². The number of likely N-dealkylation sites (tertiary alicyclic amines) is 1. The highest BCUT2D eigenvalue weighted by Crippen LogP contribution is 2.31.